The summed E-state index contributed by atoms with van der Waals surface area (Å²) in [5.74, 6) is 1.07. The number of aromatic nitrogens is 3. The fourth-order valence-corrected chi connectivity index (χ4v) is 4.18. The van der Waals surface area contributed by atoms with Crippen LogP contribution in [0.1, 0.15) is 47.8 Å². The lowest BCUT2D eigenvalue weighted by molar-refractivity contribution is 0.0949. The maximum atomic E-state index is 12.9. The van der Waals surface area contributed by atoms with Gasteiger partial charge in [0.05, 0.1) is 45.3 Å². The molecule has 1 saturated carbocycles. The first kappa shape index (κ1) is 21.7. The highest BCUT2D eigenvalue weighted by atomic mass is 16.5. The van der Waals surface area contributed by atoms with Crippen molar-refractivity contribution in [3.8, 4) is 28.5 Å². The van der Waals surface area contributed by atoms with Gasteiger partial charge in [-0.1, -0.05) is 12.8 Å². The van der Waals surface area contributed by atoms with Gasteiger partial charge in [0.2, 0.25) is 5.75 Å². The second-order valence-corrected chi connectivity index (χ2v) is 7.74. The summed E-state index contributed by atoms with van der Waals surface area (Å²) in [5, 5.41) is 7.80. The van der Waals surface area contributed by atoms with E-state index < -0.39 is 0 Å². The van der Waals surface area contributed by atoms with Crippen LogP contribution in [0.2, 0.25) is 0 Å². The zero-order valence-electron chi connectivity index (χ0n) is 18.6. The monoisotopic (exact) mass is 436 g/mol. The molecule has 1 aliphatic rings. The normalized spacial score (nSPS) is 13.7. The molecular formula is C24H28N4O4. The van der Waals surface area contributed by atoms with Crippen LogP contribution in [-0.4, -0.2) is 42.0 Å². The lowest BCUT2D eigenvalue weighted by Crippen LogP contribution is -2.23. The maximum absolute atomic E-state index is 12.9. The molecule has 168 valence electrons. The number of hydrogen-bond acceptors (Lipinski definition) is 6. The van der Waals surface area contributed by atoms with Gasteiger partial charge in [-0.15, -0.1) is 0 Å². The largest absolute Gasteiger partial charge is 0.493 e. The molecule has 0 spiro atoms. The molecule has 2 aromatic heterocycles. The number of benzene rings is 1. The van der Waals surface area contributed by atoms with E-state index >= 15 is 0 Å². The molecule has 0 saturated heterocycles. The number of amides is 1. The molecular weight excluding hydrogens is 408 g/mol. The third-order valence-electron chi connectivity index (χ3n) is 5.79. The SMILES string of the molecule is COc1cc(C(=O)NCc2cc(-c3ccncc3)n(C3CCCC3)n2)cc(OC)c1OC. The van der Waals surface area contributed by atoms with Crippen molar-refractivity contribution in [1.29, 1.82) is 0 Å². The van der Waals surface area contributed by atoms with E-state index in [4.69, 9.17) is 19.3 Å². The smallest absolute Gasteiger partial charge is 0.251 e. The minimum atomic E-state index is -0.245. The van der Waals surface area contributed by atoms with Gasteiger partial charge in [0.25, 0.3) is 5.91 Å². The molecule has 0 unspecified atom stereocenters. The Morgan fingerprint density at radius 1 is 1.03 bits per heavy atom. The van der Waals surface area contributed by atoms with Crippen LogP contribution in [0.15, 0.2) is 42.7 Å². The fourth-order valence-electron chi connectivity index (χ4n) is 4.18. The summed E-state index contributed by atoms with van der Waals surface area (Å²) in [6, 6.07) is 9.68. The number of hydrogen-bond donors (Lipinski definition) is 1. The number of carbonyl (C=O) groups is 1. The van der Waals surface area contributed by atoms with Crippen molar-refractivity contribution in [3.63, 3.8) is 0 Å². The van der Waals surface area contributed by atoms with Crippen LogP contribution >= 0.6 is 0 Å². The minimum absolute atomic E-state index is 0.245. The average molecular weight is 437 g/mol. The number of carbonyl (C=O) groups excluding carboxylic acids is 1. The van der Waals surface area contributed by atoms with E-state index in [1.165, 1.54) is 34.2 Å². The van der Waals surface area contributed by atoms with Gasteiger partial charge in [0, 0.05) is 23.5 Å². The third kappa shape index (κ3) is 4.39. The van der Waals surface area contributed by atoms with Crippen molar-refractivity contribution in [1.82, 2.24) is 20.1 Å². The molecule has 0 atom stereocenters. The zero-order chi connectivity index (χ0) is 22.5. The van der Waals surface area contributed by atoms with Crippen LogP contribution in [0, 0.1) is 0 Å². The Hall–Kier alpha value is -3.55. The van der Waals surface area contributed by atoms with Crippen LogP contribution in [0.3, 0.4) is 0 Å². The van der Waals surface area contributed by atoms with E-state index in [0.717, 1.165) is 29.8 Å². The summed E-state index contributed by atoms with van der Waals surface area (Å²) in [5.41, 5.74) is 3.35. The van der Waals surface area contributed by atoms with E-state index in [1.54, 1.807) is 24.5 Å². The molecule has 1 aliphatic carbocycles. The van der Waals surface area contributed by atoms with E-state index in [-0.39, 0.29) is 5.91 Å². The molecule has 1 N–H and O–H groups in total. The highest BCUT2D eigenvalue weighted by Gasteiger charge is 2.22. The Labute approximate surface area is 187 Å². The molecule has 0 aliphatic heterocycles. The third-order valence-corrected chi connectivity index (χ3v) is 5.79. The van der Waals surface area contributed by atoms with Crippen molar-refractivity contribution in [2.75, 3.05) is 21.3 Å². The van der Waals surface area contributed by atoms with Crippen molar-refractivity contribution >= 4 is 5.91 Å². The number of rotatable bonds is 8. The summed E-state index contributed by atoms with van der Waals surface area (Å²) in [6.07, 6.45) is 8.25. The summed E-state index contributed by atoms with van der Waals surface area (Å²) in [6.45, 7) is 0.313. The van der Waals surface area contributed by atoms with Gasteiger partial charge in [-0.25, -0.2) is 0 Å². The topological polar surface area (TPSA) is 87.5 Å². The predicted octanol–water partition coefficient (Wildman–Crippen LogP) is 4.02. The molecule has 0 radical (unpaired) electrons. The van der Waals surface area contributed by atoms with Gasteiger partial charge in [-0.2, -0.15) is 5.10 Å². The van der Waals surface area contributed by atoms with Gasteiger partial charge in [0.1, 0.15) is 0 Å². The van der Waals surface area contributed by atoms with Crippen LogP contribution in [0.25, 0.3) is 11.3 Å². The van der Waals surface area contributed by atoms with Crippen molar-refractivity contribution in [2.24, 2.45) is 0 Å². The summed E-state index contributed by atoms with van der Waals surface area (Å²) >= 11 is 0. The maximum Gasteiger partial charge on any atom is 0.251 e. The number of pyridine rings is 1. The Kier molecular flexibility index (Phi) is 6.58. The van der Waals surface area contributed by atoms with E-state index in [0.29, 0.717) is 35.4 Å². The molecule has 0 bridgehead atoms. The molecule has 4 rings (SSSR count). The van der Waals surface area contributed by atoms with Gasteiger partial charge in [0.15, 0.2) is 11.5 Å². The molecule has 8 nitrogen and oxygen atoms in total. The van der Waals surface area contributed by atoms with Crippen LogP contribution in [0.5, 0.6) is 17.2 Å². The summed E-state index contributed by atoms with van der Waals surface area (Å²) in [4.78, 5) is 17.0. The van der Waals surface area contributed by atoms with Gasteiger partial charge in [-0.3, -0.25) is 14.5 Å². The predicted molar refractivity (Wildman–Crippen MR) is 120 cm³/mol. The lowest BCUT2D eigenvalue weighted by Gasteiger charge is -2.14. The molecule has 1 fully saturated rings. The average Bonchev–Trinajstić information content (AvgIpc) is 3.52. The van der Waals surface area contributed by atoms with E-state index in [2.05, 4.69) is 15.0 Å². The van der Waals surface area contributed by atoms with Crippen molar-refractivity contribution in [3.05, 3.63) is 54.0 Å². The Bertz CT molecular complexity index is 1050. The second kappa shape index (κ2) is 9.72. The first-order valence-corrected chi connectivity index (χ1v) is 10.7. The highest BCUT2D eigenvalue weighted by molar-refractivity contribution is 5.95. The van der Waals surface area contributed by atoms with Gasteiger partial charge < -0.3 is 19.5 Å². The number of nitrogens with zero attached hydrogens (tertiary/aromatic N) is 3. The van der Waals surface area contributed by atoms with Crippen LogP contribution in [-0.2, 0) is 6.54 Å². The minimum Gasteiger partial charge on any atom is -0.493 e. The van der Waals surface area contributed by atoms with E-state index in [1.807, 2.05) is 18.2 Å². The second-order valence-electron chi connectivity index (χ2n) is 7.74. The number of nitrogens with one attached hydrogen (secondary N) is 1. The zero-order valence-corrected chi connectivity index (χ0v) is 18.6. The summed E-state index contributed by atoms with van der Waals surface area (Å²) < 4.78 is 18.1. The summed E-state index contributed by atoms with van der Waals surface area (Å²) in [7, 11) is 4.58. The quantitative estimate of drug-likeness (QED) is 0.574. The lowest BCUT2D eigenvalue weighted by atomic mass is 10.1. The first-order chi connectivity index (χ1) is 15.6. The Morgan fingerprint density at radius 2 is 1.69 bits per heavy atom. The molecule has 1 aromatic carbocycles. The van der Waals surface area contributed by atoms with E-state index in [9.17, 15) is 4.79 Å². The first-order valence-electron chi connectivity index (χ1n) is 10.7. The highest BCUT2D eigenvalue weighted by Crippen LogP contribution is 2.38. The van der Waals surface area contributed by atoms with Gasteiger partial charge in [-0.05, 0) is 43.2 Å². The Balaban J connectivity index is 1.56. The molecule has 1 amide bonds. The fraction of sp³-hybridized carbons (Fsp3) is 0.375. The van der Waals surface area contributed by atoms with Crippen LogP contribution < -0.4 is 19.5 Å². The molecule has 8 heteroatoms. The van der Waals surface area contributed by atoms with Crippen molar-refractivity contribution < 1.29 is 19.0 Å². The van der Waals surface area contributed by atoms with Crippen molar-refractivity contribution in [2.45, 2.75) is 38.3 Å². The molecule has 3 aromatic rings. The Morgan fingerprint density at radius 3 is 2.28 bits per heavy atom. The van der Waals surface area contributed by atoms with Crippen LogP contribution in [0.4, 0.5) is 0 Å². The number of methoxy groups -OCH3 is 3. The molecule has 32 heavy (non-hydrogen) atoms. The number of ether oxygens (including phenoxy) is 3. The standard InChI is InChI=1S/C24H28N4O4/c1-30-21-12-17(13-22(31-2)23(21)32-3)24(29)26-15-18-14-20(16-8-10-25-11-9-16)28(27-18)19-6-4-5-7-19/h8-14,19H,4-7,15H2,1-3H3,(H,26,29). The molecule has 2 heterocycles. The van der Waals surface area contributed by atoms with Gasteiger partial charge >= 0.3 is 0 Å².